The molecule has 1 aromatic carbocycles. The molecule has 5 nitrogen and oxygen atoms in total. The predicted molar refractivity (Wildman–Crippen MR) is 111 cm³/mol. The summed E-state index contributed by atoms with van der Waals surface area (Å²) in [6, 6.07) is 6.51. The van der Waals surface area contributed by atoms with Crippen molar-refractivity contribution in [1.82, 2.24) is 10.2 Å². The highest BCUT2D eigenvalue weighted by Gasteiger charge is 2.34. The maximum absolute atomic E-state index is 13.3. The van der Waals surface area contributed by atoms with Crippen LogP contribution in [0, 0.1) is 11.2 Å². The van der Waals surface area contributed by atoms with Crippen molar-refractivity contribution in [3.63, 3.8) is 0 Å². The molecular formula is C19H32Cl2FN3O2. The molecule has 1 aliphatic heterocycles. The Kier molecular flexibility index (Phi) is 12.1. The molecule has 1 heterocycles. The van der Waals surface area contributed by atoms with Crippen molar-refractivity contribution >= 4 is 30.7 Å². The molecule has 1 aliphatic rings. The molecule has 1 aromatic rings. The second-order valence-electron chi connectivity index (χ2n) is 6.62. The molecule has 1 amide bonds. The topological polar surface area (TPSA) is 67.6 Å². The Balaban J connectivity index is 0.00000338. The molecule has 1 fully saturated rings. The highest BCUT2D eigenvalue weighted by Crippen LogP contribution is 2.26. The van der Waals surface area contributed by atoms with Crippen molar-refractivity contribution in [2.75, 3.05) is 39.4 Å². The van der Waals surface area contributed by atoms with Gasteiger partial charge in [0.05, 0.1) is 24.7 Å². The Labute approximate surface area is 174 Å². The zero-order chi connectivity index (χ0) is 18.3. The van der Waals surface area contributed by atoms with E-state index in [4.69, 9.17) is 10.5 Å². The summed E-state index contributed by atoms with van der Waals surface area (Å²) in [6.07, 6.45) is 1.43. The summed E-state index contributed by atoms with van der Waals surface area (Å²) in [4.78, 5) is 15.0. The summed E-state index contributed by atoms with van der Waals surface area (Å²) in [5.41, 5.74) is 6.36. The Morgan fingerprint density at radius 1 is 1.22 bits per heavy atom. The Hall–Kier alpha value is -0.920. The van der Waals surface area contributed by atoms with Crippen LogP contribution in [0.4, 0.5) is 4.39 Å². The first-order valence-corrected chi connectivity index (χ1v) is 9.12. The van der Waals surface area contributed by atoms with Crippen LogP contribution >= 0.6 is 24.8 Å². The Morgan fingerprint density at radius 2 is 1.78 bits per heavy atom. The molecule has 0 radical (unpaired) electrons. The number of benzene rings is 1. The van der Waals surface area contributed by atoms with Gasteiger partial charge in [-0.2, -0.15) is 0 Å². The number of nitrogens with one attached hydrogen (secondary N) is 1. The first kappa shape index (κ1) is 26.1. The SMILES string of the molecule is CCC(CC)(CN)C(=O)NCC(c1ccc(F)cc1)N1CCOCC1.Cl.Cl. The maximum Gasteiger partial charge on any atom is 0.227 e. The number of carbonyl (C=O) groups is 1. The van der Waals surface area contributed by atoms with E-state index in [1.165, 1.54) is 12.1 Å². The summed E-state index contributed by atoms with van der Waals surface area (Å²) in [7, 11) is 0. The van der Waals surface area contributed by atoms with E-state index in [0.29, 0.717) is 39.1 Å². The van der Waals surface area contributed by atoms with E-state index in [1.54, 1.807) is 12.1 Å². The molecule has 1 saturated heterocycles. The first-order valence-electron chi connectivity index (χ1n) is 9.12. The van der Waals surface area contributed by atoms with Crippen molar-refractivity contribution in [2.45, 2.75) is 32.7 Å². The van der Waals surface area contributed by atoms with Crippen molar-refractivity contribution in [2.24, 2.45) is 11.1 Å². The number of carbonyl (C=O) groups excluding carboxylic acids is 1. The summed E-state index contributed by atoms with van der Waals surface area (Å²) in [5, 5.41) is 3.09. The highest BCUT2D eigenvalue weighted by atomic mass is 35.5. The van der Waals surface area contributed by atoms with E-state index in [9.17, 15) is 9.18 Å². The fourth-order valence-electron chi connectivity index (χ4n) is 3.36. The largest absolute Gasteiger partial charge is 0.379 e. The molecule has 0 bridgehead atoms. The standard InChI is InChI=1S/C19H30FN3O2.2ClH/c1-3-19(4-2,14-21)18(24)22-13-17(23-9-11-25-12-10-23)15-5-7-16(20)8-6-15;;/h5-8,17H,3-4,9-14,21H2,1-2H3,(H,22,24);2*1H. The van der Waals surface area contributed by atoms with E-state index in [2.05, 4.69) is 10.2 Å². The molecule has 8 heteroatoms. The van der Waals surface area contributed by atoms with Gasteiger partial charge in [0.1, 0.15) is 5.82 Å². The van der Waals surface area contributed by atoms with Gasteiger partial charge in [-0.25, -0.2) is 4.39 Å². The molecule has 156 valence electrons. The van der Waals surface area contributed by atoms with Crippen molar-refractivity contribution in [1.29, 1.82) is 0 Å². The van der Waals surface area contributed by atoms with Crippen molar-refractivity contribution in [3.05, 3.63) is 35.6 Å². The van der Waals surface area contributed by atoms with Crippen LogP contribution in [0.15, 0.2) is 24.3 Å². The van der Waals surface area contributed by atoms with E-state index in [1.807, 2.05) is 13.8 Å². The highest BCUT2D eigenvalue weighted by molar-refractivity contribution is 5.85. The second-order valence-corrected chi connectivity index (χ2v) is 6.62. The number of amides is 1. The molecule has 1 unspecified atom stereocenters. The molecule has 0 aromatic heterocycles. The zero-order valence-corrected chi connectivity index (χ0v) is 17.7. The van der Waals surface area contributed by atoms with Crippen molar-refractivity contribution < 1.29 is 13.9 Å². The van der Waals surface area contributed by atoms with Gasteiger partial charge in [0.2, 0.25) is 5.91 Å². The third-order valence-corrected chi connectivity index (χ3v) is 5.42. The van der Waals surface area contributed by atoms with Gasteiger partial charge < -0.3 is 15.8 Å². The van der Waals surface area contributed by atoms with Gasteiger partial charge in [0, 0.05) is 26.2 Å². The number of rotatable bonds is 8. The van der Waals surface area contributed by atoms with Gasteiger partial charge in [0.25, 0.3) is 0 Å². The third-order valence-electron chi connectivity index (χ3n) is 5.42. The number of ether oxygens (including phenoxy) is 1. The van der Waals surface area contributed by atoms with E-state index in [0.717, 1.165) is 18.7 Å². The van der Waals surface area contributed by atoms with Gasteiger partial charge in [-0.05, 0) is 30.5 Å². The molecule has 0 aliphatic carbocycles. The smallest absolute Gasteiger partial charge is 0.227 e. The maximum atomic E-state index is 13.3. The minimum atomic E-state index is -0.516. The van der Waals surface area contributed by atoms with Gasteiger partial charge in [-0.1, -0.05) is 26.0 Å². The van der Waals surface area contributed by atoms with E-state index in [-0.39, 0.29) is 42.6 Å². The van der Waals surface area contributed by atoms with Crippen molar-refractivity contribution in [3.8, 4) is 0 Å². The predicted octanol–water partition coefficient (Wildman–Crippen LogP) is 2.92. The lowest BCUT2D eigenvalue weighted by molar-refractivity contribution is -0.131. The monoisotopic (exact) mass is 423 g/mol. The summed E-state index contributed by atoms with van der Waals surface area (Å²) >= 11 is 0. The lowest BCUT2D eigenvalue weighted by Gasteiger charge is -2.36. The van der Waals surface area contributed by atoms with Gasteiger partial charge >= 0.3 is 0 Å². The third kappa shape index (κ3) is 6.57. The Bertz CT molecular complexity index is 542. The number of hydrogen-bond acceptors (Lipinski definition) is 4. The van der Waals surface area contributed by atoms with Crippen LogP contribution in [0.2, 0.25) is 0 Å². The normalized spacial score (nSPS) is 16.0. The summed E-state index contributed by atoms with van der Waals surface area (Å²) < 4.78 is 18.7. The molecule has 27 heavy (non-hydrogen) atoms. The van der Waals surface area contributed by atoms with Crippen LogP contribution in [0.25, 0.3) is 0 Å². The lowest BCUT2D eigenvalue weighted by atomic mass is 9.81. The number of halogens is 3. The van der Waals surface area contributed by atoms with E-state index < -0.39 is 5.41 Å². The number of nitrogens with two attached hydrogens (primary N) is 1. The number of hydrogen-bond donors (Lipinski definition) is 2. The van der Waals surface area contributed by atoms with Crippen LogP contribution in [0.5, 0.6) is 0 Å². The minimum Gasteiger partial charge on any atom is -0.379 e. The zero-order valence-electron chi connectivity index (χ0n) is 16.1. The fraction of sp³-hybridized carbons (Fsp3) is 0.632. The van der Waals surface area contributed by atoms with E-state index >= 15 is 0 Å². The summed E-state index contributed by atoms with van der Waals surface area (Å²) in [5.74, 6) is -0.256. The number of morpholine rings is 1. The fourth-order valence-corrected chi connectivity index (χ4v) is 3.36. The van der Waals surface area contributed by atoms with Gasteiger partial charge in [0.15, 0.2) is 0 Å². The molecular weight excluding hydrogens is 392 g/mol. The van der Waals surface area contributed by atoms with Gasteiger partial charge in [-0.15, -0.1) is 24.8 Å². The lowest BCUT2D eigenvalue weighted by Crippen LogP contribution is -2.49. The quantitative estimate of drug-likeness (QED) is 0.674. The average Bonchev–Trinajstić information content (AvgIpc) is 2.66. The number of nitrogens with zero attached hydrogens (tertiary/aromatic N) is 1. The molecule has 0 saturated carbocycles. The van der Waals surface area contributed by atoms with Crippen LogP contribution in [-0.4, -0.2) is 50.2 Å². The minimum absolute atomic E-state index is 0. The van der Waals surface area contributed by atoms with Crippen LogP contribution < -0.4 is 11.1 Å². The molecule has 0 spiro atoms. The molecule has 1 atom stereocenters. The summed E-state index contributed by atoms with van der Waals surface area (Å²) in [6.45, 7) is 7.73. The van der Waals surface area contributed by atoms with Gasteiger partial charge in [-0.3, -0.25) is 9.69 Å². The average molecular weight is 424 g/mol. The first-order chi connectivity index (χ1) is 12.1. The van der Waals surface area contributed by atoms with Crippen LogP contribution in [0.1, 0.15) is 38.3 Å². The molecule has 3 N–H and O–H groups in total. The Morgan fingerprint density at radius 3 is 2.26 bits per heavy atom. The molecule has 2 rings (SSSR count). The van der Waals surface area contributed by atoms with Crippen LogP contribution in [-0.2, 0) is 9.53 Å². The van der Waals surface area contributed by atoms with Crippen LogP contribution in [0.3, 0.4) is 0 Å². The second kappa shape index (κ2) is 12.5.